The average Bonchev–Trinajstić information content (AvgIpc) is 2.85. The first-order chi connectivity index (χ1) is 11.5. The monoisotopic (exact) mass is 325 g/mol. The summed E-state index contributed by atoms with van der Waals surface area (Å²) in [7, 11) is 2.00. The summed E-state index contributed by atoms with van der Waals surface area (Å²) in [5.74, 6) is 0. The highest BCUT2D eigenvalue weighted by atomic mass is 15.0. The Hall–Kier alpha value is -2.00. The SMILES string of the molecule is C=C(NCCCCCNC)c1cc(C)n(-c2cccc(C)c2)c1C. The Labute approximate surface area is 146 Å². The Kier molecular flexibility index (Phi) is 6.68. The Morgan fingerprint density at radius 3 is 2.50 bits per heavy atom. The van der Waals surface area contributed by atoms with Crippen LogP contribution in [-0.2, 0) is 0 Å². The van der Waals surface area contributed by atoms with Crippen LogP contribution in [0.5, 0.6) is 0 Å². The molecule has 0 aliphatic heterocycles. The van der Waals surface area contributed by atoms with Gasteiger partial charge in [0.25, 0.3) is 0 Å². The Balaban J connectivity index is 2.04. The first-order valence-corrected chi connectivity index (χ1v) is 8.88. The Morgan fingerprint density at radius 2 is 1.79 bits per heavy atom. The fourth-order valence-electron chi connectivity index (χ4n) is 3.17. The van der Waals surface area contributed by atoms with Gasteiger partial charge in [-0.3, -0.25) is 0 Å². The molecule has 2 rings (SSSR count). The minimum absolute atomic E-state index is 0.983. The molecule has 0 radical (unpaired) electrons. The van der Waals surface area contributed by atoms with Crippen LogP contribution in [0.25, 0.3) is 11.4 Å². The van der Waals surface area contributed by atoms with Gasteiger partial charge in [-0.15, -0.1) is 0 Å². The second-order valence-corrected chi connectivity index (χ2v) is 6.53. The van der Waals surface area contributed by atoms with Gasteiger partial charge in [0.2, 0.25) is 0 Å². The van der Waals surface area contributed by atoms with Crippen molar-refractivity contribution in [1.29, 1.82) is 0 Å². The van der Waals surface area contributed by atoms with Crippen LogP contribution in [0.15, 0.2) is 36.9 Å². The molecule has 0 saturated heterocycles. The van der Waals surface area contributed by atoms with Gasteiger partial charge in [-0.25, -0.2) is 0 Å². The maximum absolute atomic E-state index is 4.25. The number of unbranched alkanes of at least 4 members (excludes halogenated alkanes) is 2. The summed E-state index contributed by atoms with van der Waals surface area (Å²) in [6, 6.07) is 10.9. The number of hydrogen-bond donors (Lipinski definition) is 2. The molecule has 0 aliphatic carbocycles. The summed E-state index contributed by atoms with van der Waals surface area (Å²) < 4.78 is 2.31. The molecular formula is C21H31N3. The smallest absolute Gasteiger partial charge is 0.0457 e. The van der Waals surface area contributed by atoms with Crippen LogP contribution in [0.1, 0.15) is 41.8 Å². The van der Waals surface area contributed by atoms with Gasteiger partial charge in [0, 0.05) is 34.9 Å². The third-order valence-corrected chi connectivity index (χ3v) is 4.46. The fraction of sp³-hybridized carbons (Fsp3) is 0.429. The van der Waals surface area contributed by atoms with Crippen molar-refractivity contribution in [2.75, 3.05) is 20.1 Å². The summed E-state index contributed by atoms with van der Waals surface area (Å²) in [6.45, 7) is 12.8. The Morgan fingerprint density at radius 1 is 1.04 bits per heavy atom. The number of nitrogens with one attached hydrogen (secondary N) is 2. The van der Waals surface area contributed by atoms with E-state index in [1.807, 2.05) is 7.05 Å². The molecule has 0 atom stereocenters. The predicted molar refractivity (Wildman–Crippen MR) is 105 cm³/mol. The maximum Gasteiger partial charge on any atom is 0.0457 e. The van der Waals surface area contributed by atoms with E-state index in [4.69, 9.17) is 0 Å². The average molecular weight is 326 g/mol. The number of hydrogen-bond acceptors (Lipinski definition) is 2. The van der Waals surface area contributed by atoms with E-state index in [1.54, 1.807) is 0 Å². The van der Waals surface area contributed by atoms with Crippen molar-refractivity contribution < 1.29 is 0 Å². The van der Waals surface area contributed by atoms with Crippen molar-refractivity contribution in [3.8, 4) is 5.69 Å². The fourth-order valence-corrected chi connectivity index (χ4v) is 3.17. The van der Waals surface area contributed by atoms with E-state index in [1.165, 1.54) is 47.5 Å². The molecule has 0 aliphatic rings. The normalized spacial score (nSPS) is 10.8. The number of aryl methyl sites for hydroxylation is 2. The lowest BCUT2D eigenvalue weighted by Crippen LogP contribution is -2.14. The van der Waals surface area contributed by atoms with Crippen molar-refractivity contribution in [1.82, 2.24) is 15.2 Å². The van der Waals surface area contributed by atoms with Gasteiger partial charge in [0.05, 0.1) is 0 Å². The van der Waals surface area contributed by atoms with E-state index >= 15 is 0 Å². The summed E-state index contributed by atoms with van der Waals surface area (Å²) in [4.78, 5) is 0. The second-order valence-electron chi connectivity index (χ2n) is 6.53. The van der Waals surface area contributed by atoms with Gasteiger partial charge < -0.3 is 15.2 Å². The van der Waals surface area contributed by atoms with E-state index < -0.39 is 0 Å². The zero-order valence-corrected chi connectivity index (χ0v) is 15.6. The molecule has 1 aromatic heterocycles. The standard InChI is InChI=1S/C21H31N3/c1-16-10-9-11-20(14-16)24-17(2)15-21(19(24)4)18(3)23-13-8-6-7-12-22-5/h9-11,14-15,22-23H,3,6-8,12-13H2,1-2,4-5H3. The van der Waals surface area contributed by atoms with Crippen molar-refractivity contribution in [2.45, 2.75) is 40.0 Å². The van der Waals surface area contributed by atoms with Crippen LogP contribution in [0.4, 0.5) is 0 Å². The van der Waals surface area contributed by atoms with Crippen LogP contribution in [0, 0.1) is 20.8 Å². The molecule has 0 bridgehead atoms. The highest BCUT2D eigenvalue weighted by molar-refractivity contribution is 5.66. The molecule has 1 heterocycles. The molecule has 0 amide bonds. The van der Waals surface area contributed by atoms with Gasteiger partial charge >= 0.3 is 0 Å². The molecular weight excluding hydrogens is 294 g/mol. The van der Waals surface area contributed by atoms with Gasteiger partial charge in [-0.05, 0) is 71.0 Å². The summed E-state index contributed by atoms with van der Waals surface area (Å²) in [5, 5.41) is 6.68. The molecule has 2 N–H and O–H groups in total. The van der Waals surface area contributed by atoms with Crippen LogP contribution < -0.4 is 10.6 Å². The van der Waals surface area contributed by atoms with Crippen LogP contribution in [0.3, 0.4) is 0 Å². The van der Waals surface area contributed by atoms with Crippen molar-refractivity contribution >= 4 is 5.70 Å². The third kappa shape index (κ3) is 4.51. The van der Waals surface area contributed by atoms with E-state index in [0.717, 1.165) is 18.8 Å². The summed E-state index contributed by atoms with van der Waals surface area (Å²) >= 11 is 0. The van der Waals surface area contributed by atoms with E-state index in [0.29, 0.717) is 0 Å². The molecule has 0 unspecified atom stereocenters. The second kappa shape index (κ2) is 8.74. The van der Waals surface area contributed by atoms with Crippen molar-refractivity contribution in [2.24, 2.45) is 0 Å². The predicted octanol–water partition coefficient (Wildman–Crippen LogP) is 4.35. The van der Waals surface area contributed by atoms with Gasteiger partial charge in [-0.2, -0.15) is 0 Å². The van der Waals surface area contributed by atoms with Crippen molar-refractivity contribution in [3.63, 3.8) is 0 Å². The molecule has 3 heteroatoms. The van der Waals surface area contributed by atoms with Crippen LogP contribution >= 0.6 is 0 Å². The molecule has 130 valence electrons. The molecule has 0 fully saturated rings. The first-order valence-electron chi connectivity index (χ1n) is 8.88. The molecule has 3 nitrogen and oxygen atoms in total. The molecule has 0 spiro atoms. The van der Waals surface area contributed by atoms with Crippen LogP contribution in [-0.4, -0.2) is 24.7 Å². The molecule has 2 aromatic rings. The first kappa shape index (κ1) is 18.3. The lowest BCUT2D eigenvalue weighted by molar-refractivity contribution is 0.631. The Bertz CT molecular complexity index is 682. The van der Waals surface area contributed by atoms with Gasteiger partial charge in [0.15, 0.2) is 0 Å². The molecule has 0 saturated carbocycles. The zero-order chi connectivity index (χ0) is 17.5. The highest BCUT2D eigenvalue weighted by Gasteiger charge is 2.12. The van der Waals surface area contributed by atoms with Gasteiger partial charge in [-0.1, -0.05) is 25.1 Å². The largest absolute Gasteiger partial charge is 0.385 e. The highest BCUT2D eigenvalue weighted by Crippen LogP contribution is 2.24. The molecule has 1 aromatic carbocycles. The van der Waals surface area contributed by atoms with E-state index in [9.17, 15) is 0 Å². The minimum Gasteiger partial charge on any atom is -0.385 e. The number of nitrogens with zero attached hydrogens (tertiary/aromatic N) is 1. The third-order valence-electron chi connectivity index (χ3n) is 4.46. The minimum atomic E-state index is 0.983. The van der Waals surface area contributed by atoms with Gasteiger partial charge in [0.1, 0.15) is 0 Å². The number of benzene rings is 1. The van der Waals surface area contributed by atoms with E-state index in [2.05, 4.69) is 72.9 Å². The summed E-state index contributed by atoms with van der Waals surface area (Å²) in [5.41, 5.74) is 7.21. The van der Waals surface area contributed by atoms with Crippen LogP contribution in [0.2, 0.25) is 0 Å². The quantitative estimate of drug-likeness (QED) is 0.671. The number of aromatic nitrogens is 1. The zero-order valence-electron chi connectivity index (χ0n) is 15.6. The summed E-state index contributed by atoms with van der Waals surface area (Å²) in [6.07, 6.45) is 3.65. The molecule has 24 heavy (non-hydrogen) atoms. The topological polar surface area (TPSA) is 29.0 Å². The maximum atomic E-state index is 4.25. The number of rotatable bonds is 9. The van der Waals surface area contributed by atoms with E-state index in [-0.39, 0.29) is 0 Å². The lowest BCUT2D eigenvalue weighted by atomic mass is 10.1. The lowest BCUT2D eigenvalue weighted by Gasteiger charge is -2.12. The van der Waals surface area contributed by atoms with Crippen molar-refractivity contribution in [3.05, 3.63) is 59.4 Å².